The Morgan fingerprint density at radius 3 is 2.79 bits per heavy atom. The van der Waals surface area contributed by atoms with Crippen molar-refractivity contribution in [3.05, 3.63) is 41.7 Å². The fourth-order valence-electron chi connectivity index (χ4n) is 1.65. The number of aromatic nitrogens is 2. The van der Waals surface area contributed by atoms with Crippen molar-refractivity contribution >= 4 is 17.4 Å². The lowest BCUT2D eigenvalue weighted by Crippen LogP contribution is -2.02. The first-order chi connectivity index (χ1) is 9.22. The lowest BCUT2D eigenvalue weighted by molar-refractivity contribution is 0.327. The Hall–Kier alpha value is -1.75. The summed E-state index contributed by atoms with van der Waals surface area (Å²) in [5, 5.41) is 0.765. The van der Waals surface area contributed by atoms with Crippen molar-refractivity contribution < 1.29 is 4.74 Å². The summed E-state index contributed by atoms with van der Waals surface area (Å²) >= 11 is 1.60. The number of rotatable bonds is 5. The van der Waals surface area contributed by atoms with E-state index in [0.717, 1.165) is 10.8 Å². The number of nitrogens with zero attached hydrogens (tertiary/aromatic N) is 2. The molecule has 0 saturated heterocycles. The zero-order valence-electron chi connectivity index (χ0n) is 11.1. The highest BCUT2D eigenvalue weighted by Gasteiger charge is 2.10. The molecule has 0 aliphatic carbocycles. The largest absolute Gasteiger partial charge is 0.476 e. The number of anilines is 1. The molecule has 5 heteroatoms. The number of thioether (sulfide) groups is 1. The molecule has 2 rings (SSSR count). The van der Waals surface area contributed by atoms with Gasteiger partial charge in [0.25, 0.3) is 0 Å². The second-order valence-electron chi connectivity index (χ2n) is 4.05. The molecule has 0 saturated carbocycles. The molecule has 1 aromatic carbocycles. The number of benzene rings is 1. The van der Waals surface area contributed by atoms with Crippen molar-refractivity contribution in [3.63, 3.8) is 0 Å². The monoisotopic (exact) mass is 275 g/mol. The maximum absolute atomic E-state index is 6.00. The second kappa shape index (κ2) is 6.43. The van der Waals surface area contributed by atoms with Crippen molar-refractivity contribution in [2.75, 3.05) is 12.3 Å². The van der Waals surface area contributed by atoms with Gasteiger partial charge in [0.2, 0.25) is 5.88 Å². The van der Waals surface area contributed by atoms with Crippen LogP contribution in [0, 0.1) is 6.92 Å². The van der Waals surface area contributed by atoms with Crippen LogP contribution in [0.25, 0.3) is 0 Å². The van der Waals surface area contributed by atoms with E-state index in [0.29, 0.717) is 18.2 Å². The fourth-order valence-corrected chi connectivity index (χ4v) is 2.63. The summed E-state index contributed by atoms with van der Waals surface area (Å²) in [5.74, 6) is 1.30. The fraction of sp³-hybridized carbons (Fsp3) is 0.286. The Morgan fingerprint density at radius 2 is 2.05 bits per heavy atom. The second-order valence-corrected chi connectivity index (χ2v) is 5.01. The van der Waals surface area contributed by atoms with Crippen LogP contribution >= 0.6 is 11.8 Å². The van der Waals surface area contributed by atoms with Gasteiger partial charge >= 0.3 is 0 Å². The lowest BCUT2D eigenvalue weighted by Gasteiger charge is -2.09. The summed E-state index contributed by atoms with van der Waals surface area (Å²) in [5.41, 5.74) is 9.07. The molecule has 2 N–H and O–H groups in total. The summed E-state index contributed by atoms with van der Waals surface area (Å²) in [6.07, 6.45) is 1.49. The van der Waals surface area contributed by atoms with Crippen LogP contribution in [0.4, 0.5) is 5.69 Å². The standard InChI is InChI=1S/C14H17N3OS/c1-3-18-13-12(15)14(17-9-16-13)19-8-11-7-5-4-6-10(11)2/h4-7,9H,3,8,15H2,1-2H3. The van der Waals surface area contributed by atoms with E-state index in [1.54, 1.807) is 11.8 Å². The molecular formula is C14H17N3OS. The molecule has 100 valence electrons. The lowest BCUT2D eigenvalue weighted by atomic mass is 10.1. The quantitative estimate of drug-likeness (QED) is 0.671. The first kappa shape index (κ1) is 13.7. The molecule has 19 heavy (non-hydrogen) atoms. The zero-order valence-corrected chi connectivity index (χ0v) is 11.9. The van der Waals surface area contributed by atoms with Gasteiger partial charge in [-0.2, -0.15) is 4.98 Å². The number of ether oxygens (including phenoxy) is 1. The molecule has 0 aliphatic heterocycles. The van der Waals surface area contributed by atoms with E-state index in [2.05, 4.69) is 29.0 Å². The Kier molecular flexibility index (Phi) is 4.63. The molecule has 1 heterocycles. The summed E-state index contributed by atoms with van der Waals surface area (Å²) in [6.45, 7) is 4.55. The highest BCUT2D eigenvalue weighted by molar-refractivity contribution is 7.98. The predicted octanol–water partition coefficient (Wildman–Crippen LogP) is 3.06. The minimum Gasteiger partial charge on any atom is -0.476 e. The Bertz CT molecular complexity index is 560. The maximum Gasteiger partial charge on any atom is 0.241 e. The minimum absolute atomic E-state index is 0.463. The van der Waals surface area contributed by atoms with Gasteiger partial charge in [-0.3, -0.25) is 0 Å². The third-order valence-corrected chi connectivity index (χ3v) is 3.77. The third-order valence-electron chi connectivity index (χ3n) is 2.72. The van der Waals surface area contributed by atoms with E-state index in [9.17, 15) is 0 Å². The number of nitrogen functional groups attached to an aromatic ring is 1. The van der Waals surface area contributed by atoms with E-state index in [4.69, 9.17) is 10.5 Å². The average Bonchev–Trinajstić information content (AvgIpc) is 2.42. The van der Waals surface area contributed by atoms with Crippen LogP contribution < -0.4 is 10.5 Å². The predicted molar refractivity (Wildman–Crippen MR) is 78.4 cm³/mol. The van der Waals surface area contributed by atoms with E-state index < -0.39 is 0 Å². The Balaban J connectivity index is 2.12. The topological polar surface area (TPSA) is 61.0 Å². The van der Waals surface area contributed by atoms with Crippen molar-refractivity contribution in [2.24, 2.45) is 0 Å². The van der Waals surface area contributed by atoms with Crippen LogP contribution in [0.1, 0.15) is 18.1 Å². The van der Waals surface area contributed by atoms with Crippen molar-refractivity contribution in [3.8, 4) is 5.88 Å². The van der Waals surface area contributed by atoms with E-state index in [1.165, 1.54) is 17.5 Å². The molecule has 0 radical (unpaired) electrons. The third kappa shape index (κ3) is 3.38. The number of nitrogens with two attached hydrogens (primary N) is 1. The van der Waals surface area contributed by atoms with Gasteiger partial charge in [-0.25, -0.2) is 4.98 Å². The average molecular weight is 275 g/mol. The maximum atomic E-state index is 6.00. The molecule has 0 atom stereocenters. The SMILES string of the molecule is CCOc1ncnc(SCc2ccccc2C)c1N. The van der Waals surface area contributed by atoms with Gasteiger partial charge in [0.05, 0.1) is 6.61 Å². The van der Waals surface area contributed by atoms with E-state index in [-0.39, 0.29) is 0 Å². The highest BCUT2D eigenvalue weighted by atomic mass is 32.2. The molecule has 0 spiro atoms. The molecule has 0 unspecified atom stereocenters. The van der Waals surface area contributed by atoms with Crippen LogP contribution in [0.5, 0.6) is 5.88 Å². The van der Waals surface area contributed by atoms with Gasteiger partial charge < -0.3 is 10.5 Å². The molecule has 0 fully saturated rings. The van der Waals surface area contributed by atoms with Crippen LogP contribution in [-0.4, -0.2) is 16.6 Å². The molecule has 4 nitrogen and oxygen atoms in total. The van der Waals surface area contributed by atoms with Crippen molar-refractivity contribution in [2.45, 2.75) is 24.6 Å². The molecule has 1 aromatic heterocycles. The van der Waals surface area contributed by atoms with Gasteiger partial charge in [-0.1, -0.05) is 36.0 Å². The van der Waals surface area contributed by atoms with Crippen LogP contribution in [0.15, 0.2) is 35.6 Å². The smallest absolute Gasteiger partial charge is 0.241 e. The highest BCUT2D eigenvalue weighted by Crippen LogP contribution is 2.31. The summed E-state index contributed by atoms with van der Waals surface area (Å²) in [6, 6.07) is 8.29. The summed E-state index contributed by atoms with van der Waals surface area (Å²) < 4.78 is 5.36. The van der Waals surface area contributed by atoms with Gasteiger partial charge in [0.1, 0.15) is 17.0 Å². The molecule has 0 amide bonds. The first-order valence-corrected chi connectivity index (χ1v) is 7.11. The number of hydrogen-bond acceptors (Lipinski definition) is 5. The normalized spacial score (nSPS) is 10.4. The molecule has 0 aliphatic rings. The summed E-state index contributed by atoms with van der Waals surface area (Å²) in [7, 11) is 0. The molecule has 0 bridgehead atoms. The van der Waals surface area contributed by atoms with Gasteiger partial charge in [0, 0.05) is 5.75 Å². The molecule has 2 aromatic rings. The van der Waals surface area contributed by atoms with Crippen molar-refractivity contribution in [1.82, 2.24) is 9.97 Å². The van der Waals surface area contributed by atoms with Crippen LogP contribution in [0.3, 0.4) is 0 Å². The van der Waals surface area contributed by atoms with Crippen LogP contribution in [-0.2, 0) is 5.75 Å². The van der Waals surface area contributed by atoms with E-state index in [1.807, 2.05) is 19.1 Å². The number of hydrogen-bond donors (Lipinski definition) is 1. The minimum atomic E-state index is 0.463. The van der Waals surface area contributed by atoms with Gasteiger partial charge in [0.15, 0.2) is 0 Å². The number of aryl methyl sites for hydroxylation is 1. The van der Waals surface area contributed by atoms with Crippen LogP contribution in [0.2, 0.25) is 0 Å². The molecular weight excluding hydrogens is 258 g/mol. The van der Waals surface area contributed by atoms with Gasteiger partial charge in [-0.05, 0) is 25.0 Å². The Labute approximate surface area is 117 Å². The van der Waals surface area contributed by atoms with E-state index >= 15 is 0 Å². The Morgan fingerprint density at radius 1 is 1.26 bits per heavy atom. The van der Waals surface area contributed by atoms with Gasteiger partial charge in [-0.15, -0.1) is 0 Å². The summed E-state index contributed by atoms with van der Waals surface area (Å²) in [4.78, 5) is 8.24. The first-order valence-electron chi connectivity index (χ1n) is 6.13. The van der Waals surface area contributed by atoms with Crippen molar-refractivity contribution in [1.29, 1.82) is 0 Å². The zero-order chi connectivity index (χ0) is 13.7.